The topological polar surface area (TPSA) is 89.7 Å². The van der Waals surface area contributed by atoms with Crippen LogP contribution in [0.3, 0.4) is 0 Å². The van der Waals surface area contributed by atoms with Gasteiger partial charge in [-0.05, 0) is 54.8 Å². The Labute approximate surface area is 187 Å². The van der Waals surface area contributed by atoms with Gasteiger partial charge in [0.05, 0.1) is 18.0 Å². The highest BCUT2D eigenvalue weighted by Crippen LogP contribution is 2.44. The van der Waals surface area contributed by atoms with Crippen LogP contribution >= 0.6 is 15.9 Å². The van der Waals surface area contributed by atoms with Gasteiger partial charge in [0.1, 0.15) is 10.1 Å². The number of rotatable bonds is 3. The molecule has 0 amide bonds. The summed E-state index contributed by atoms with van der Waals surface area (Å²) in [6.07, 6.45) is 3.94. The molecule has 0 N–H and O–H groups in total. The number of Topliss-reactive ketones (excluding diaryl/α,β-unsaturated/α-hetero) is 1. The Bertz CT molecular complexity index is 1210. The molecule has 160 valence electrons. The first kappa shape index (κ1) is 20.1. The molecule has 0 bridgehead atoms. The van der Waals surface area contributed by atoms with Crippen molar-refractivity contribution < 1.29 is 14.3 Å². The third kappa shape index (κ3) is 3.13. The monoisotopic (exact) mass is 483 g/mol. The Morgan fingerprint density at radius 2 is 2.10 bits per heavy atom. The lowest BCUT2D eigenvalue weighted by Gasteiger charge is -2.38. The highest BCUT2D eigenvalue weighted by Gasteiger charge is 2.48. The maximum atomic E-state index is 13.1. The molecule has 2 aliphatic rings. The van der Waals surface area contributed by atoms with Gasteiger partial charge in [-0.3, -0.25) is 9.78 Å². The Kier molecular flexibility index (Phi) is 4.80. The third-order valence-corrected chi connectivity index (χ3v) is 7.23. The number of hydrogen-bond donors (Lipinski definition) is 0. The predicted molar refractivity (Wildman–Crippen MR) is 118 cm³/mol. The normalized spacial score (nSPS) is 17.4. The standard InChI is InChI=1S/C22H22BrN5O3/c1-3-31-21(30)15-11-17-20(25-13(2)19(23)28(17)26-15)27-9-6-22(7-10-27)12-16-14(18(22)29)5-4-8-24-16/h4-5,8,11H,3,6-7,9-10,12H2,1-2H3. The summed E-state index contributed by atoms with van der Waals surface area (Å²) in [6, 6.07) is 5.43. The number of carbonyl (C=O) groups excluding carboxylic acids is 2. The van der Waals surface area contributed by atoms with Crippen LogP contribution < -0.4 is 4.90 Å². The van der Waals surface area contributed by atoms with Gasteiger partial charge in [-0.25, -0.2) is 14.3 Å². The molecular formula is C22H22BrN5O3. The number of aryl methyl sites for hydroxylation is 1. The number of esters is 1. The lowest BCUT2D eigenvalue weighted by molar-refractivity contribution is 0.0519. The molecule has 9 heteroatoms. The van der Waals surface area contributed by atoms with Crippen LogP contribution in [0, 0.1) is 12.3 Å². The van der Waals surface area contributed by atoms with E-state index in [9.17, 15) is 9.59 Å². The molecular weight excluding hydrogens is 462 g/mol. The zero-order valence-corrected chi connectivity index (χ0v) is 19.0. The van der Waals surface area contributed by atoms with Crippen molar-refractivity contribution in [3.8, 4) is 0 Å². The molecule has 1 aliphatic heterocycles. The molecule has 0 unspecified atom stereocenters. The van der Waals surface area contributed by atoms with Gasteiger partial charge in [-0.15, -0.1) is 0 Å². The number of hydrogen-bond acceptors (Lipinski definition) is 7. The molecule has 1 fully saturated rings. The zero-order valence-electron chi connectivity index (χ0n) is 17.4. The van der Waals surface area contributed by atoms with Crippen molar-refractivity contribution in [1.29, 1.82) is 0 Å². The number of pyridine rings is 1. The van der Waals surface area contributed by atoms with Gasteiger partial charge in [-0.2, -0.15) is 5.10 Å². The molecule has 0 aromatic carbocycles. The molecule has 0 atom stereocenters. The number of fused-ring (bicyclic) bond motifs is 2. The lowest BCUT2D eigenvalue weighted by atomic mass is 9.75. The minimum Gasteiger partial charge on any atom is -0.461 e. The molecule has 8 nitrogen and oxygen atoms in total. The van der Waals surface area contributed by atoms with E-state index in [-0.39, 0.29) is 23.5 Å². The fraction of sp³-hybridized carbons (Fsp3) is 0.409. The summed E-state index contributed by atoms with van der Waals surface area (Å²) < 4.78 is 7.50. The quantitative estimate of drug-likeness (QED) is 0.527. The van der Waals surface area contributed by atoms with Gasteiger partial charge in [0.15, 0.2) is 17.3 Å². The molecule has 3 aromatic heterocycles. The average Bonchev–Trinajstić information content (AvgIpc) is 3.33. The molecule has 4 heterocycles. The van der Waals surface area contributed by atoms with Crippen molar-refractivity contribution in [3.63, 3.8) is 0 Å². The summed E-state index contributed by atoms with van der Waals surface area (Å²) in [7, 11) is 0. The second-order valence-electron chi connectivity index (χ2n) is 8.13. The molecule has 1 aliphatic carbocycles. The average molecular weight is 484 g/mol. The van der Waals surface area contributed by atoms with E-state index in [0.717, 1.165) is 41.1 Å². The van der Waals surface area contributed by atoms with E-state index in [1.165, 1.54) is 0 Å². The van der Waals surface area contributed by atoms with E-state index in [0.29, 0.717) is 24.1 Å². The zero-order chi connectivity index (χ0) is 21.8. The summed E-state index contributed by atoms with van der Waals surface area (Å²) in [4.78, 5) is 36.7. The van der Waals surface area contributed by atoms with Gasteiger partial charge in [0, 0.05) is 42.8 Å². The van der Waals surface area contributed by atoms with Crippen LogP contribution in [0.25, 0.3) is 5.52 Å². The van der Waals surface area contributed by atoms with E-state index < -0.39 is 5.97 Å². The third-order valence-electron chi connectivity index (χ3n) is 6.32. The minimum atomic E-state index is -0.457. The van der Waals surface area contributed by atoms with Crippen molar-refractivity contribution in [2.24, 2.45) is 5.41 Å². The Morgan fingerprint density at radius 1 is 1.32 bits per heavy atom. The van der Waals surface area contributed by atoms with Crippen molar-refractivity contribution in [2.45, 2.75) is 33.1 Å². The lowest BCUT2D eigenvalue weighted by Crippen LogP contribution is -2.43. The summed E-state index contributed by atoms with van der Waals surface area (Å²) in [5.74, 6) is 0.523. The molecule has 31 heavy (non-hydrogen) atoms. The molecule has 3 aromatic rings. The van der Waals surface area contributed by atoms with E-state index in [1.807, 2.05) is 19.1 Å². The fourth-order valence-corrected chi connectivity index (χ4v) is 5.02. The Morgan fingerprint density at radius 3 is 2.81 bits per heavy atom. The van der Waals surface area contributed by atoms with Crippen LogP contribution in [-0.4, -0.2) is 51.0 Å². The van der Waals surface area contributed by atoms with Crippen molar-refractivity contribution in [2.75, 3.05) is 24.6 Å². The number of piperidine rings is 1. The molecule has 0 saturated carbocycles. The minimum absolute atomic E-state index is 0.217. The SMILES string of the molecule is CCOC(=O)c1cc2c(N3CCC4(CC3)Cc3ncccc3C4=O)nc(C)c(Br)n2n1. The van der Waals surface area contributed by atoms with Crippen LogP contribution in [0.1, 0.15) is 52.0 Å². The number of ketones is 1. The number of carbonyl (C=O) groups is 2. The van der Waals surface area contributed by atoms with Crippen LogP contribution in [0.15, 0.2) is 29.0 Å². The second-order valence-corrected chi connectivity index (χ2v) is 8.88. The summed E-state index contributed by atoms with van der Waals surface area (Å²) >= 11 is 3.53. The summed E-state index contributed by atoms with van der Waals surface area (Å²) in [5.41, 5.74) is 3.07. The second kappa shape index (κ2) is 7.40. The van der Waals surface area contributed by atoms with Gasteiger partial charge in [0.2, 0.25) is 0 Å². The highest BCUT2D eigenvalue weighted by atomic mass is 79.9. The number of nitrogens with zero attached hydrogens (tertiary/aromatic N) is 5. The number of anilines is 1. The first-order valence-electron chi connectivity index (χ1n) is 10.4. The first-order chi connectivity index (χ1) is 14.9. The van der Waals surface area contributed by atoms with E-state index >= 15 is 0 Å². The summed E-state index contributed by atoms with van der Waals surface area (Å²) in [6.45, 7) is 5.35. The van der Waals surface area contributed by atoms with Crippen LogP contribution in [0.4, 0.5) is 5.82 Å². The molecule has 0 radical (unpaired) electrons. The van der Waals surface area contributed by atoms with Gasteiger partial charge in [0.25, 0.3) is 0 Å². The van der Waals surface area contributed by atoms with Gasteiger partial charge in [-0.1, -0.05) is 0 Å². The largest absolute Gasteiger partial charge is 0.461 e. The summed E-state index contributed by atoms with van der Waals surface area (Å²) in [5, 5.41) is 4.42. The van der Waals surface area contributed by atoms with Crippen LogP contribution in [-0.2, 0) is 11.2 Å². The van der Waals surface area contributed by atoms with Crippen LogP contribution in [0.2, 0.25) is 0 Å². The number of aromatic nitrogens is 4. The highest BCUT2D eigenvalue weighted by molar-refractivity contribution is 9.10. The molecule has 1 saturated heterocycles. The Balaban J connectivity index is 1.46. The smallest absolute Gasteiger partial charge is 0.358 e. The maximum absolute atomic E-state index is 13.1. The van der Waals surface area contributed by atoms with Gasteiger partial charge < -0.3 is 9.64 Å². The van der Waals surface area contributed by atoms with Crippen LogP contribution in [0.5, 0.6) is 0 Å². The van der Waals surface area contributed by atoms with Gasteiger partial charge >= 0.3 is 5.97 Å². The predicted octanol–water partition coefficient (Wildman–Crippen LogP) is 3.40. The van der Waals surface area contributed by atoms with Crippen molar-refractivity contribution in [1.82, 2.24) is 19.6 Å². The number of ether oxygens (including phenoxy) is 1. The van der Waals surface area contributed by atoms with E-state index in [2.05, 4.69) is 30.9 Å². The number of halogens is 1. The molecule has 1 spiro atoms. The Hall–Kier alpha value is -2.81. The maximum Gasteiger partial charge on any atom is 0.358 e. The molecule has 5 rings (SSSR count). The van der Waals surface area contributed by atoms with E-state index in [4.69, 9.17) is 9.72 Å². The fourth-order valence-electron chi connectivity index (χ4n) is 4.67. The first-order valence-corrected chi connectivity index (χ1v) is 11.2. The van der Waals surface area contributed by atoms with Crippen molar-refractivity contribution >= 4 is 39.0 Å². The van der Waals surface area contributed by atoms with E-state index in [1.54, 1.807) is 23.7 Å². The van der Waals surface area contributed by atoms with Crippen molar-refractivity contribution in [3.05, 3.63) is 51.6 Å².